The number of hydrogen-bond acceptors (Lipinski definition) is 6. The number of urea groups is 1. The van der Waals surface area contributed by atoms with E-state index < -0.39 is 17.9 Å². The molecular weight excluding hydrogens is 288 g/mol. The van der Waals surface area contributed by atoms with Gasteiger partial charge in [0, 0.05) is 25.1 Å². The zero-order valence-corrected chi connectivity index (χ0v) is 11.5. The molecule has 3 amide bonds. The average Bonchev–Trinajstić information content (AvgIpc) is 2.85. The second-order valence-electron chi connectivity index (χ2n) is 3.54. The smallest absolute Gasteiger partial charge is 0.346 e. The van der Waals surface area contributed by atoms with Crippen LogP contribution < -0.4 is 15.4 Å². The van der Waals surface area contributed by atoms with E-state index in [9.17, 15) is 14.4 Å². The lowest BCUT2D eigenvalue weighted by Crippen LogP contribution is -2.42. The van der Waals surface area contributed by atoms with Gasteiger partial charge in [-0.1, -0.05) is 0 Å². The normalized spacial score (nSPS) is 9.85. The number of imide groups is 1. The summed E-state index contributed by atoms with van der Waals surface area (Å²) in [5.41, 5.74) is 0. The monoisotopic (exact) mass is 302 g/mol. The van der Waals surface area contributed by atoms with Crippen molar-refractivity contribution in [2.75, 3.05) is 26.9 Å². The molecule has 0 aromatic carbocycles. The molecule has 0 aliphatic rings. The minimum Gasteiger partial charge on any atom is -0.483 e. The maximum atomic E-state index is 11.4. The Hall–Kier alpha value is -2.13. The Kier molecular flexibility index (Phi) is 6.47. The maximum Gasteiger partial charge on any atom is 0.346 e. The SMILES string of the molecule is COCCNC(=O)NC(=O)COc1csc(C(=O)O)c1. The van der Waals surface area contributed by atoms with Crippen molar-refractivity contribution >= 4 is 29.2 Å². The first-order valence-corrected chi connectivity index (χ1v) is 6.42. The van der Waals surface area contributed by atoms with Crippen LogP contribution in [-0.2, 0) is 9.53 Å². The van der Waals surface area contributed by atoms with Crippen LogP contribution in [0.15, 0.2) is 11.4 Å². The number of nitrogens with one attached hydrogen (secondary N) is 2. The van der Waals surface area contributed by atoms with Gasteiger partial charge in [0.1, 0.15) is 10.6 Å². The summed E-state index contributed by atoms with van der Waals surface area (Å²) in [5.74, 6) is -1.43. The molecule has 1 aromatic rings. The number of ether oxygens (including phenoxy) is 2. The van der Waals surface area contributed by atoms with E-state index in [0.717, 1.165) is 11.3 Å². The number of carbonyl (C=O) groups excluding carboxylic acids is 2. The molecule has 110 valence electrons. The van der Waals surface area contributed by atoms with Crippen molar-refractivity contribution in [1.29, 1.82) is 0 Å². The van der Waals surface area contributed by atoms with Crippen LogP contribution in [0.4, 0.5) is 4.79 Å². The van der Waals surface area contributed by atoms with Crippen LogP contribution in [0.25, 0.3) is 0 Å². The Morgan fingerprint density at radius 3 is 2.75 bits per heavy atom. The van der Waals surface area contributed by atoms with Crippen molar-refractivity contribution in [2.24, 2.45) is 0 Å². The molecule has 0 atom stereocenters. The van der Waals surface area contributed by atoms with Gasteiger partial charge in [-0.3, -0.25) is 10.1 Å². The Morgan fingerprint density at radius 1 is 1.40 bits per heavy atom. The molecule has 0 radical (unpaired) electrons. The third-order valence-electron chi connectivity index (χ3n) is 2.00. The molecule has 1 rings (SSSR count). The molecule has 0 fully saturated rings. The highest BCUT2D eigenvalue weighted by Gasteiger charge is 2.10. The van der Waals surface area contributed by atoms with Gasteiger partial charge in [-0.05, 0) is 0 Å². The third-order valence-corrected chi connectivity index (χ3v) is 2.90. The molecule has 1 aromatic heterocycles. The van der Waals surface area contributed by atoms with Crippen molar-refractivity contribution in [3.05, 3.63) is 16.3 Å². The molecule has 3 N–H and O–H groups in total. The minimum absolute atomic E-state index is 0.109. The largest absolute Gasteiger partial charge is 0.483 e. The van der Waals surface area contributed by atoms with Crippen LogP contribution in [0, 0.1) is 0 Å². The standard InChI is InChI=1S/C11H14N2O6S/c1-18-3-2-12-11(17)13-9(14)5-19-7-4-8(10(15)16)20-6-7/h4,6H,2-3,5H2,1H3,(H,15,16)(H2,12,13,14,17). The number of thiophene rings is 1. The van der Waals surface area contributed by atoms with Crippen LogP contribution in [0.1, 0.15) is 9.67 Å². The second-order valence-corrected chi connectivity index (χ2v) is 4.45. The van der Waals surface area contributed by atoms with Gasteiger partial charge in [0.2, 0.25) is 0 Å². The molecule has 0 aliphatic carbocycles. The summed E-state index contributed by atoms with van der Waals surface area (Å²) in [5, 5.41) is 14.6. The van der Waals surface area contributed by atoms with Crippen molar-refractivity contribution in [1.82, 2.24) is 10.6 Å². The van der Waals surface area contributed by atoms with Gasteiger partial charge in [0.05, 0.1) is 6.61 Å². The zero-order chi connectivity index (χ0) is 15.0. The maximum absolute atomic E-state index is 11.4. The van der Waals surface area contributed by atoms with Gasteiger partial charge in [-0.2, -0.15) is 0 Å². The molecule has 0 spiro atoms. The third kappa shape index (κ3) is 5.67. The lowest BCUT2D eigenvalue weighted by molar-refractivity contribution is -0.122. The first-order valence-electron chi connectivity index (χ1n) is 5.54. The molecule has 8 nitrogen and oxygen atoms in total. The van der Waals surface area contributed by atoms with Gasteiger partial charge in [-0.15, -0.1) is 11.3 Å². The fourth-order valence-corrected chi connectivity index (χ4v) is 1.79. The number of rotatable bonds is 7. The second kappa shape index (κ2) is 8.12. The van der Waals surface area contributed by atoms with E-state index in [1.807, 2.05) is 0 Å². The van der Waals surface area contributed by atoms with Crippen molar-refractivity contribution < 1.29 is 29.0 Å². The van der Waals surface area contributed by atoms with E-state index in [0.29, 0.717) is 6.61 Å². The van der Waals surface area contributed by atoms with E-state index in [2.05, 4.69) is 10.6 Å². The Morgan fingerprint density at radius 2 is 2.15 bits per heavy atom. The molecule has 0 bridgehead atoms. The van der Waals surface area contributed by atoms with Crippen LogP contribution in [-0.4, -0.2) is 49.9 Å². The fourth-order valence-electron chi connectivity index (χ4n) is 1.13. The van der Waals surface area contributed by atoms with E-state index in [4.69, 9.17) is 14.6 Å². The van der Waals surface area contributed by atoms with E-state index in [-0.39, 0.29) is 23.8 Å². The summed E-state index contributed by atoms with van der Waals surface area (Å²) < 4.78 is 9.78. The van der Waals surface area contributed by atoms with Crippen LogP contribution in [0.3, 0.4) is 0 Å². The van der Waals surface area contributed by atoms with Gasteiger partial charge in [0.15, 0.2) is 6.61 Å². The first-order chi connectivity index (χ1) is 9.52. The summed E-state index contributed by atoms with van der Waals surface area (Å²) in [4.78, 5) is 33.3. The van der Waals surface area contributed by atoms with E-state index in [1.54, 1.807) is 0 Å². The van der Waals surface area contributed by atoms with Crippen molar-refractivity contribution in [3.63, 3.8) is 0 Å². The van der Waals surface area contributed by atoms with Crippen molar-refractivity contribution in [3.8, 4) is 5.75 Å². The Balaban J connectivity index is 2.28. The predicted octanol–water partition coefficient (Wildman–Crippen LogP) is 0.297. The summed E-state index contributed by atoms with van der Waals surface area (Å²) in [6.45, 7) is 0.238. The van der Waals surface area contributed by atoms with Crippen molar-refractivity contribution in [2.45, 2.75) is 0 Å². The molecule has 9 heteroatoms. The predicted molar refractivity (Wildman–Crippen MR) is 70.2 cm³/mol. The molecule has 0 saturated heterocycles. The molecular formula is C11H14N2O6S. The highest BCUT2D eigenvalue weighted by Crippen LogP contribution is 2.21. The van der Waals surface area contributed by atoms with Crippen LogP contribution in [0.5, 0.6) is 5.75 Å². The summed E-state index contributed by atoms with van der Waals surface area (Å²) >= 11 is 0.987. The highest BCUT2D eigenvalue weighted by molar-refractivity contribution is 7.12. The van der Waals surface area contributed by atoms with Crippen LogP contribution >= 0.6 is 11.3 Å². The lowest BCUT2D eigenvalue weighted by atomic mass is 10.4. The fraction of sp³-hybridized carbons (Fsp3) is 0.364. The number of amides is 3. The van der Waals surface area contributed by atoms with E-state index in [1.165, 1.54) is 18.6 Å². The van der Waals surface area contributed by atoms with Crippen LogP contribution in [0.2, 0.25) is 0 Å². The minimum atomic E-state index is -1.06. The zero-order valence-electron chi connectivity index (χ0n) is 10.7. The van der Waals surface area contributed by atoms with E-state index >= 15 is 0 Å². The number of carboxylic acid groups (broad SMARTS) is 1. The quantitative estimate of drug-likeness (QED) is 0.624. The van der Waals surface area contributed by atoms with Gasteiger partial charge in [0.25, 0.3) is 5.91 Å². The average molecular weight is 302 g/mol. The Bertz CT molecular complexity index is 487. The highest BCUT2D eigenvalue weighted by atomic mass is 32.1. The lowest BCUT2D eigenvalue weighted by Gasteiger charge is -2.06. The molecule has 0 saturated carbocycles. The van der Waals surface area contributed by atoms with Gasteiger partial charge in [-0.25, -0.2) is 9.59 Å². The molecule has 1 heterocycles. The number of carbonyl (C=O) groups is 3. The summed E-state index contributed by atoms with van der Waals surface area (Å²) in [6.07, 6.45) is 0. The topological polar surface area (TPSA) is 114 Å². The van der Waals surface area contributed by atoms with Gasteiger partial charge >= 0.3 is 12.0 Å². The summed E-state index contributed by atoms with van der Waals surface area (Å²) in [6, 6.07) is 0.658. The number of carboxylic acids is 1. The molecule has 20 heavy (non-hydrogen) atoms. The number of hydrogen-bond donors (Lipinski definition) is 3. The van der Waals surface area contributed by atoms with Gasteiger partial charge < -0.3 is 19.9 Å². The number of aromatic carboxylic acids is 1. The molecule has 0 unspecified atom stereocenters. The summed E-state index contributed by atoms with van der Waals surface area (Å²) in [7, 11) is 1.49. The first kappa shape index (κ1) is 15.9. The molecule has 0 aliphatic heterocycles. The number of methoxy groups -OCH3 is 1. The Labute approximate surface area is 118 Å².